The van der Waals surface area contributed by atoms with Crippen LogP contribution >= 0.6 is 23.2 Å². The van der Waals surface area contributed by atoms with E-state index < -0.39 is 0 Å². The first-order valence-electron chi connectivity index (χ1n) is 4.79. The third kappa shape index (κ3) is 3.83. The molecular formula is C11H12Cl2N2O. The fourth-order valence-electron chi connectivity index (χ4n) is 0.979. The molecule has 86 valence electrons. The monoisotopic (exact) mass is 258 g/mol. The molecule has 0 aliphatic carbocycles. The average molecular weight is 259 g/mol. The number of hydrazone groups is 1. The van der Waals surface area contributed by atoms with Gasteiger partial charge in [0.2, 0.25) is 0 Å². The van der Waals surface area contributed by atoms with Crippen LogP contribution in [0.3, 0.4) is 0 Å². The first-order chi connectivity index (χ1) is 7.50. The number of halogens is 2. The van der Waals surface area contributed by atoms with Crippen LogP contribution in [-0.2, 0) is 0 Å². The van der Waals surface area contributed by atoms with Gasteiger partial charge in [0.15, 0.2) is 0 Å². The number of nitrogens with one attached hydrogen (secondary N) is 1. The van der Waals surface area contributed by atoms with Crippen molar-refractivity contribution in [1.82, 2.24) is 5.43 Å². The van der Waals surface area contributed by atoms with Crippen molar-refractivity contribution in [3.8, 4) is 0 Å². The van der Waals surface area contributed by atoms with Crippen molar-refractivity contribution in [2.24, 2.45) is 11.0 Å². The highest BCUT2D eigenvalue weighted by Gasteiger charge is 2.09. The summed E-state index contributed by atoms with van der Waals surface area (Å²) in [6.45, 7) is 3.93. The molecule has 0 saturated heterocycles. The predicted molar refractivity (Wildman–Crippen MR) is 67.3 cm³/mol. The number of hydrogen-bond acceptors (Lipinski definition) is 2. The summed E-state index contributed by atoms with van der Waals surface area (Å²) in [5.41, 5.74) is 2.75. The molecular weight excluding hydrogens is 247 g/mol. The van der Waals surface area contributed by atoms with Gasteiger partial charge in [-0.2, -0.15) is 5.10 Å². The maximum absolute atomic E-state index is 11.6. The van der Waals surface area contributed by atoms with Crippen molar-refractivity contribution in [2.75, 3.05) is 0 Å². The third-order valence-electron chi connectivity index (χ3n) is 1.71. The van der Waals surface area contributed by atoms with Gasteiger partial charge in [-0.25, -0.2) is 5.43 Å². The Bertz CT molecular complexity index is 416. The molecule has 5 heteroatoms. The minimum absolute atomic E-state index is 0.279. The zero-order valence-electron chi connectivity index (χ0n) is 9.00. The van der Waals surface area contributed by atoms with Crippen LogP contribution in [-0.4, -0.2) is 12.1 Å². The van der Waals surface area contributed by atoms with E-state index in [1.807, 2.05) is 13.8 Å². The molecule has 0 aliphatic heterocycles. The van der Waals surface area contributed by atoms with Crippen LogP contribution < -0.4 is 5.43 Å². The summed E-state index contributed by atoms with van der Waals surface area (Å²) in [4.78, 5) is 11.6. The lowest BCUT2D eigenvalue weighted by molar-refractivity contribution is 0.0955. The molecule has 0 atom stereocenters. The van der Waals surface area contributed by atoms with Gasteiger partial charge in [-0.3, -0.25) is 4.79 Å². The van der Waals surface area contributed by atoms with E-state index in [0.29, 0.717) is 15.6 Å². The van der Waals surface area contributed by atoms with Gasteiger partial charge in [0, 0.05) is 11.2 Å². The maximum Gasteiger partial charge on any atom is 0.272 e. The number of rotatable bonds is 3. The van der Waals surface area contributed by atoms with E-state index in [4.69, 9.17) is 23.2 Å². The highest BCUT2D eigenvalue weighted by atomic mass is 35.5. The van der Waals surface area contributed by atoms with Crippen LogP contribution in [0.4, 0.5) is 0 Å². The zero-order valence-corrected chi connectivity index (χ0v) is 10.5. The van der Waals surface area contributed by atoms with Gasteiger partial charge in [0.1, 0.15) is 0 Å². The minimum Gasteiger partial charge on any atom is -0.267 e. The van der Waals surface area contributed by atoms with E-state index in [9.17, 15) is 4.79 Å². The number of hydrogen-bond donors (Lipinski definition) is 1. The van der Waals surface area contributed by atoms with Gasteiger partial charge < -0.3 is 0 Å². The molecule has 0 fully saturated rings. The van der Waals surface area contributed by atoms with Crippen LogP contribution in [0, 0.1) is 5.92 Å². The van der Waals surface area contributed by atoms with E-state index in [1.165, 1.54) is 6.07 Å². The van der Waals surface area contributed by atoms with E-state index in [-0.39, 0.29) is 11.8 Å². The standard InChI is InChI=1S/C11H12Cl2N2O/c1-7(2)6-14-15-11(16)9-4-3-8(12)5-10(9)13/h3-7H,1-2H3,(H,15,16). The molecule has 3 nitrogen and oxygen atoms in total. The topological polar surface area (TPSA) is 41.5 Å². The van der Waals surface area contributed by atoms with Gasteiger partial charge in [0.25, 0.3) is 5.91 Å². The van der Waals surface area contributed by atoms with Crippen molar-refractivity contribution < 1.29 is 4.79 Å². The number of carbonyl (C=O) groups is 1. The molecule has 1 aromatic rings. The highest BCUT2D eigenvalue weighted by Crippen LogP contribution is 2.20. The van der Waals surface area contributed by atoms with E-state index in [1.54, 1.807) is 18.3 Å². The Hall–Kier alpha value is -1.06. The summed E-state index contributed by atoms with van der Waals surface area (Å²) in [5, 5.41) is 4.60. The highest BCUT2D eigenvalue weighted by molar-refractivity contribution is 6.36. The molecule has 1 rings (SSSR count). The lowest BCUT2D eigenvalue weighted by Crippen LogP contribution is -2.18. The number of nitrogens with zero attached hydrogens (tertiary/aromatic N) is 1. The lowest BCUT2D eigenvalue weighted by Gasteiger charge is -2.03. The summed E-state index contributed by atoms with van der Waals surface area (Å²) in [6.07, 6.45) is 1.64. The van der Waals surface area contributed by atoms with Crippen molar-refractivity contribution in [3.05, 3.63) is 33.8 Å². The van der Waals surface area contributed by atoms with Gasteiger partial charge in [0.05, 0.1) is 10.6 Å². The maximum atomic E-state index is 11.6. The molecule has 1 amide bonds. The average Bonchev–Trinajstić information content (AvgIpc) is 2.16. The number of amides is 1. The second-order valence-corrected chi connectivity index (χ2v) is 4.43. The first-order valence-corrected chi connectivity index (χ1v) is 5.55. The molecule has 16 heavy (non-hydrogen) atoms. The summed E-state index contributed by atoms with van der Waals surface area (Å²) >= 11 is 11.6. The molecule has 0 spiro atoms. The van der Waals surface area contributed by atoms with E-state index in [0.717, 1.165) is 0 Å². The molecule has 0 radical (unpaired) electrons. The summed E-state index contributed by atoms with van der Waals surface area (Å²) in [7, 11) is 0. The Kier molecular flexibility index (Phi) is 4.77. The van der Waals surface area contributed by atoms with Gasteiger partial charge in [-0.05, 0) is 24.1 Å². The van der Waals surface area contributed by atoms with Crippen LogP contribution in [0.15, 0.2) is 23.3 Å². The smallest absolute Gasteiger partial charge is 0.267 e. The Balaban J connectivity index is 2.74. The molecule has 1 aromatic carbocycles. The predicted octanol–water partition coefficient (Wildman–Crippen LogP) is 3.37. The van der Waals surface area contributed by atoms with Gasteiger partial charge in [-0.15, -0.1) is 0 Å². The number of benzene rings is 1. The Morgan fingerprint density at radius 3 is 2.69 bits per heavy atom. The first kappa shape index (κ1) is 13.0. The number of carbonyl (C=O) groups excluding carboxylic acids is 1. The zero-order chi connectivity index (χ0) is 12.1. The van der Waals surface area contributed by atoms with Gasteiger partial charge >= 0.3 is 0 Å². The molecule has 0 aliphatic rings. The Labute approximate surface area is 104 Å². The van der Waals surface area contributed by atoms with Crippen molar-refractivity contribution in [3.63, 3.8) is 0 Å². The summed E-state index contributed by atoms with van der Waals surface area (Å²) in [6, 6.07) is 4.68. The van der Waals surface area contributed by atoms with Crippen LogP contribution in [0.1, 0.15) is 24.2 Å². The largest absolute Gasteiger partial charge is 0.272 e. The summed E-state index contributed by atoms with van der Waals surface area (Å²) < 4.78 is 0. The molecule has 0 saturated carbocycles. The SMILES string of the molecule is CC(C)C=NNC(=O)c1ccc(Cl)cc1Cl. The second kappa shape index (κ2) is 5.87. The van der Waals surface area contributed by atoms with Crippen LogP contribution in [0.5, 0.6) is 0 Å². The minimum atomic E-state index is -0.349. The molecule has 0 bridgehead atoms. The fourth-order valence-corrected chi connectivity index (χ4v) is 1.47. The summed E-state index contributed by atoms with van der Waals surface area (Å²) in [5.74, 6) is -0.0699. The fraction of sp³-hybridized carbons (Fsp3) is 0.273. The van der Waals surface area contributed by atoms with Crippen LogP contribution in [0.2, 0.25) is 10.0 Å². The van der Waals surface area contributed by atoms with Crippen molar-refractivity contribution in [2.45, 2.75) is 13.8 Å². The Morgan fingerprint density at radius 2 is 2.12 bits per heavy atom. The van der Waals surface area contributed by atoms with Crippen molar-refractivity contribution >= 4 is 35.3 Å². The van der Waals surface area contributed by atoms with Gasteiger partial charge in [-0.1, -0.05) is 37.0 Å². The molecule has 0 unspecified atom stereocenters. The molecule has 1 N–H and O–H groups in total. The lowest BCUT2D eigenvalue weighted by atomic mass is 10.2. The second-order valence-electron chi connectivity index (χ2n) is 3.59. The van der Waals surface area contributed by atoms with Crippen LogP contribution in [0.25, 0.3) is 0 Å². The van der Waals surface area contributed by atoms with E-state index in [2.05, 4.69) is 10.5 Å². The third-order valence-corrected chi connectivity index (χ3v) is 2.26. The Morgan fingerprint density at radius 1 is 1.44 bits per heavy atom. The quantitative estimate of drug-likeness (QED) is 0.656. The normalized spacial score (nSPS) is 11.1. The van der Waals surface area contributed by atoms with Crippen molar-refractivity contribution in [1.29, 1.82) is 0 Å². The van der Waals surface area contributed by atoms with E-state index >= 15 is 0 Å². The molecule has 0 aromatic heterocycles. The molecule has 0 heterocycles.